The highest BCUT2D eigenvalue weighted by Crippen LogP contribution is 2.26. The molecule has 1 saturated heterocycles. The summed E-state index contributed by atoms with van der Waals surface area (Å²) >= 11 is 0. The molecule has 2 heterocycles. The number of pyridine rings is 1. The number of para-hydroxylation sites is 1. The van der Waals surface area contributed by atoms with E-state index in [0.29, 0.717) is 17.0 Å². The summed E-state index contributed by atoms with van der Waals surface area (Å²) in [6.07, 6.45) is 3.04. The van der Waals surface area contributed by atoms with E-state index in [1.165, 1.54) is 29.9 Å². The Balaban J connectivity index is 1.81. The first kappa shape index (κ1) is 23.6. The van der Waals surface area contributed by atoms with Gasteiger partial charge in [-0.05, 0) is 56.6 Å². The Labute approximate surface area is 197 Å². The number of aryl methyl sites for hydroxylation is 1. The molecule has 0 spiro atoms. The van der Waals surface area contributed by atoms with Crippen LogP contribution in [0.2, 0.25) is 0 Å². The largest absolute Gasteiger partial charge is 0.495 e. The zero-order valence-corrected chi connectivity index (χ0v) is 19.4. The van der Waals surface area contributed by atoms with E-state index in [1.807, 2.05) is 26.1 Å². The summed E-state index contributed by atoms with van der Waals surface area (Å²) in [5.41, 5.74) is 1.82. The van der Waals surface area contributed by atoms with Crippen LogP contribution in [0.3, 0.4) is 0 Å². The molecule has 1 aromatic heterocycles. The molecule has 1 fully saturated rings. The van der Waals surface area contributed by atoms with Gasteiger partial charge in [0.1, 0.15) is 29.2 Å². The lowest BCUT2D eigenvalue weighted by Crippen LogP contribution is -2.33. The third-order valence-electron chi connectivity index (χ3n) is 5.99. The van der Waals surface area contributed by atoms with E-state index >= 15 is 0 Å². The fraction of sp³-hybridized carbons (Fsp3) is 0.308. The molecule has 1 aliphatic heterocycles. The quantitative estimate of drug-likeness (QED) is 0.401. The summed E-state index contributed by atoms with van der Waals surface area (Å²) in [6.45, 7) is 3.62. The minimum atomic E-state index is -0.767. The van der Waals surface area contributed by atoms with Gasteiger partial charge in [0.25, 0.3) is 5.56 Å². The number of benzene rings is 2. The number of nitrogens with zero attached hydrogens (tertiary/aromatic N) is 3. The predicted octanol–water partition coefficient (Wildman–Crippen LogP) is 4.30. The number of halogens is 2. The van der Waals surface area contributed by atoms with Crippen LogP contribution >= 0.6 is 0 Å². The van der Waals surface area contributed by atoms with Crippen LogP contribution in [0, 0.1) is 18.6 Å². The van der Waals surface area contributed by atoms with Gasteiger partial charge in [0.2, 0.25) is 0 Å². The van der Waals surface area contributed by atoms with Crippen LogP contribution in [-0.2, 0) is 4.84 Å². The standard InChI is InChI=1S/C26H27F2N3O3/c1-17-5-4-6-23(33-3)26(17)31-16-18(7-10-24(31)32)25(21-9-8-19(27)15-22(21)28)29-34-20-11-13-30(2)14-12-20/h4-10,15-16,20H,11-14H2,1-3H3/b29-25-. The number of oxime groups is 1. The molecule has 0 amide bonds. The van der Waals surface area contributed by atoms with Gasteiger partial charge in [0.15, 0.2) is 0 Å². The predicted molar refractivity (Wildman–Crippen MR) is 127 cm³/mol. The fourth-order valence-electron chi connectivity index (χ4n) is 4.06. The first-order valence-corrected chi connectivity index (χ1v) is 11.1. The van der Waals surface area contributed by atoms with Crippen molar-refractivity contribution in [1.82, 2.24) is 9.47 Å². The second kappa shape index (κ2) is 10.2. The van der Waals surface area contributed by atoms with Gasteiger partial charge in [-0.2, -0.15) is 0 Å². The van der Waals surface area contributed by atoms with Crippen LogP contribution < -0.4 is 10.3 Å². The third kappa shape index (κ3) is 5.02. The summed E-state index contributed by atoms with van der Waals surface area (Å²) in [5, 5.41) is 4.32. The van der Waals surface area contributed by atoms with E-state index in [4.69, 9.17) is 9.57 Å². The minimum Gasteiger partial charge on any atom is -0.495 e. The molecule has 1 aliphatic rings. The zero-order chi connectivity index (χ0) is 24.2. The molecule has 2 aromatic carbocycles. The van der Waals surface area contributed by atoms with Crippen molar-refractivity contribution in [3.63, 3.8) is 0 Å². The lowest BCUT2D eigenvalue weighted by atomic mass is 10.0. The molecule has 8 heteroatoms. The van der Waals surface area contributed by atoms with E-state index in [0.717, 1.165) is 37.6 Å². The van der Waals surface area contributed by atoms with Crippen molar-refractivity contribution in [3.05, 3.63) is 93.4 Å². The molecular formula is C26H27F2N3O3. The number of hydrogen-bond acceptors (Lipinski definition) is 5. The average Bonchev–Trinajstić information content (AvgIpc) is 2.82. The number of piperidine rings is 1. The summed E-state index contributed by atoms with van der Waals surface area (Å²) < 4.78 is 35.3. The van der Waals surface area contributed by atoms with Crippen molar-refractivity contribution in [2.24, 2.45) is 5.16 Å². The van der Waals surface area contributed by atoms with Crippen molar-refractivity contribution in [2.45, 2.75) is 25.9 Å². The average molecular weight is 468 g/mol. The number of rotatable bonds is 6. The molecule has 0 N–H and O–H groups in total. The molecule has 0 bridgehead atoms. The third-order valence-corrected chi connectivity index (χ3v) is 5.99. The molecule has 34 heavy (non-hydrogen) atoms. The summed E-state index contributed by atoms with van der Waals surface area (Å²) in [4.78, 5) is 20.8. The molecule has 0 atom stereocenters. The second-order valence-corrected chi connectivity index (χ2v) is 8.42. The Morgan fingerprint density at radius 3 is 2.56 bits per heavy atom. The highest BCUT2D eigenvalue weighted by molar-refractivity contribution is 6.12. The van der Waals surface area contributed by atoms with Crippen LogP contribution in [0.15, 0.2) is 64.7 Å². The van der Waals surface area contributed by atoms with E-state index < -0.39 is 11.6 Å². The lowest BCUT2D eigenvalue weighted by molar-refractivity contribution is 0.0163. The van der Waals surface area contributed by atoms with Crippen LogP contribution in [0.25, 0.3) is 5.69 Å². The van der Waals surface area contributed by atoms with Gasteiger partial charge in [-0.25, -0.2) is 8.78 Å². The first-order valence-electron chi connectivity index (χ1n) is 11.1. The molecule has 0 unspecified atom stereocenters. The van der Waals surface area contributed by atoms with Gasteiger partial charge < -0.3 is 14.5 Å². The zero-order valence-electron chi connectivity index (χ0n) is 19.4. The van der Waals surface area contributed by atoms with Gasteiger partial charge >= 0.3 is 0 Å². The Hall–Kier alpha value is -3.52. The highest BCUT2D eigenvalue weighted by atomic mass is 19.1. The summed E-state index contributed by atoms with van der Waals surface area (Å²) in [6, 6.07) is 11.7. The summed E-state index contributed by atoms with van der Waals surface area (Å²) in [5.74, 6) is -0.934. The highest BCUT2D eigenvalue weighted by Gasteiger charge is 2.21. The van der Waals surface area contributed by atoms with Crippen LogP contribution in [0.1, 0.15) is 29.5 Å². The van der Waals surface area contributed by atoms with Crippen LogP contribution in [-0.4, -0.2) is 48.5 Å². The molecule has 0 radical (unpaired) electrons. The Kier molecular flexibility index (Phi) is 7.07. The molecule has 6 nitrogen and oxygen atoms in total. The SMILES string of the molecule is COc1cccc(C)c1-n1cc(/C(=N/OC2CCN(C)CC2)c2ccc(F)cc2F)ccc1=O. The van der Waals surface area contributed by atoms with Gasteiger partial charge in [-0.15, -0.1) is 0 Å². The van der Waals surface area contributed by atoms with Gasteiger partial charge in [0.05, 0.1) is 12.8 Å². The molecule has 3 aromatic rings. The molecule has 0 aliphatic carbocycles. The van der Waals surface area contributed by atoms with E-state index in [1.54, 1.807) is 18.3 Å². The lowest BCUT2D eigenvalue weighted by Gasteiger charge is -2.27. The molecule has 4 rings (SSSR count). The van der Waals surface area contributed by atoms with Crippen LogP contribution in [0.5, 0.6) is 5.75 Å². The minimum absolute atomic E-state index is 0.0799. The molecule has 0 saturated carbocycles. The Morgan fingerprint density at radius 1 is 1.09 bits per heavy atom. The van der Waals surface area contributed by atoms with Gasteiger partial charge in [-0.3, -0.25) is 9.36 Å². The van der Waals surface area contributed by atoms with Crippen molar-refractivity contribution in [1.29, 1.82) is 0 Å². The smallest absolute Gasteiger partial charge is 0.255 e. The van der Waals surface area contributed by atoms with Crippen molar-refractivity contribution in [2.75, 3.05) is 27.2 Å². The van der Waals surface area contributed by atoms with E-state index in [2.05, 4.69) is 10.1 Å². The number of aromatic nitrogens is 1. The van der Waals surface area contributed by atoms with Crippen molar-refractivity contribution >= 4 is 5.71 Å². The van der Waals surface area contributed by atoms with Crippen LogP contribution in [0.4, 0.5) is 8.78 Å². The Morgan fingerprint density at radius 2 is 1.85 bits per heavy atom. The molecular weight excluding hydrogens is 440 g/mol. The maximum absolute atomic E-state index is 14.8. The van der Waals surface area contributed by atoms with Crippen molar-refractivity contribution < 1.29 is 18.4 Å². The number of ether oxygens (including phenoxy) is 1. The Bertz CT molecular complexity index is 1260. The topological polar surface area (TPSA) is 56.1 Å². The number of methoxy groups -OCH3 is 1. The summed E-state index contributed by atoms with van der Waals surface area (Å²) in [7, 11) is 3.57. The van der Waals surface area contributed by atoms with Gasteiger partial charge in [0, 0.05) is 42.5 Å². The first-order chi connectivity index (χ1) is 16.4. The normalized spacial score (nSPS) is 15.4. The van der Waals surface area contributed by atoms with E-state index in [-0.39, 0.29) is 22.9 Å². The fourth-order valence-corrected chi connectivity index (χ4v) is 4.06. The monoisotopic (exact) mass is 467 g/mol. The van der Waals surface area contributed by atoms with E-state index in [9.17, 15) is 13.6 Å². The number of likely N-dealkylation sites (tertiary alicyclic amines) is 1. The van der Waals surface area contributed by atoms with Crippen molar-refractivity contribution in [3.8, 4) is 11.4 Å². The van der Waals surface area contributed by atoms with Gasteiger partial charge in [-0.1, -0.05) is 17.3 Å². The second-order valence-electron chi connectivity index (χ2n) is 8.42. The number of hydrogen-bond donors (Lipinski definition) is 0. The maximum atomic E-state index is 14.8. The maximum Gasteiger partial charge on any atom is 0.255 e. The molecule has 178 valence electrons.